The fourth-order valence-corrected chi connectivity index (χ4v) is 1.71. The summed E-state index contributed by atoms with van der Waals surface area (Å²) in [7, 11) is -11.8. The van der Waals surface area contributed by atoms with Crippen LogP contribution in [0.25, 0.3) is 0 Å². The van der Waals surface area contributed by atoms with Crippen molar-refractivity contribution in [1.82, 2.24) is 0 Å². The third-order valence-electron chi connectivity index (χ3n) is 0.252. The summed E-state index contributed by atoms with van der Waals surface area (Å²) in [4.78, 5) is 47.2. The fraction of sp³-hybridized carbons (Fsp3) is 0. The van der Waals surface area contributed by atoms with Crippen molar-refractivity contribution in [3.05, 3.63) is 0 Å². The molecule has 0 atom stereocenters. The molecule has 0 radical (unpaired) electrons. The van der Waals surface area contributed by atoms with Crippen molar-refractivity contribution in [1.29, 1.82) is 0 Å². The monoisotopic (exact) mass is 196 g/mol. The predicted octanol–water partition coefficient (Wildman–Crippen LogP) is -1.81. The van der Waals surface area contributed by atoms with Crippen LogP contribution in [0.1, 0.15) is 0 Å². The Morgan fingerprint density at radius 1 is 1.10 bits per heavy atom. The van der Waals surface area contributed by atoms with Gasteiger partial charge >= 0.3 is 53.8 Å². The van der Waals surface area contributed by atoms with Gasteiger partial charge in [-0.3, -0.25) is 0 Å². The van der Waals surface area contributed by atoms with E-state index in [0.717, 1.165) is 0 Å². The summed E-state index contributed by atoms with van der Waals surface area (Å²) >= 11 is 0. The number of rotatable bonds is 2. The van der Waals surface area contributed by atoms with Crippen LogP contribution in [0.4, 0.5) is 0 Å². The van der Waals surface area contributed by atoms with E-state index in [9.17, 15) is 4.57 Å². The van der Waals surface area contributed by atoms with Gasteiger partial charge in [0, 0.05) is 0 Å². The first-order valence-corrected chi connectivity index (χ1v) is 5.24. The van der Waals surface area contributed by atoms with Crippen LogP contribution < -0.4 is 0 Å². The number of phosphoric acid groups is 1. The van der Waals surface area contributed by atoms with Crippen molar-refractivity contribution < 1.29 is 38.2 Å². The second-order valence-electron chi connectivity index (χ2n) is 1.44. The quantitative estimate of drug-likeness (QED) is 0.283. The number of hydrogen-bond donors (Lipinski definition) is 6. The van der Waals surface area contributed by atoms with E-state index in [4.69, 9.17) is 29.4 Å². The van der Waals surface area contributed by atoms with Crippen LogP contribution in [0.2, 0.25) is 0 Å². The van der Waals surface area contributed by atoms with E-state index in [1.54, 1.807) is 0 Å². The van der Waals surface area contributed by atoms with Gasteiger partial charge in [-0.2, -0.15) is 0 Å². The molecule has 0 aliphatic carbocycles. The number of hydrogen-bond acceptors (Lipinski definition) is 6. The minimum atomic E-state index is -6.51. The molecule has 0 aromatic rings. The van der Waals surface area contributed by atoms with Crippen LogP contribution in [0.5, 0.6) is 0 Å². The first kappa shape index (κ1) is 10.4. The zero-order valence-electron chi connectivity index (χ0n) is 4.39. The van der Waals surface area contributed by atoms with Gasteiger partial charge in [0.25, 0.3) is 0 Å². The van der Waals surface area contributed by atoms with Gasteiger partial charge in [0.1, 0.15) is 0 Å². The van der Waals surface area contributed by atoms with Crippen molar-refractivity contribution in [3.8, 4) is 0 Å². The molecule has 0 fully saturated rings. The molecule has 0 aromatic carbocycles. The SMILES string of the molecule is O=P(O)(O)OP(O)(O)(O)O. The maximum atomic E-state index is 9.72. The van der Waals surface area contributed by atoms with E-state index in [0.29, 0.717) is 0 Å². The van der Waals surface area contributed by atoms with E-state index in [-0.39, 0.29) is 0 Å². The van der Waals surface area contributed by atoms with Gasteiger partial charge in [-0.1, -0.05) is 0 Å². The molecule has 0 unspecified atom stereocenters. The standard InChI is InChI=1S/H6O8P2/c1-9(2,3)8-10(4,5,6)7/h4-7H,(H2,1,2,3). The molecule has 10 heavy (non-hydrogen) atoms. The van der Waals surface area contributed by atoms with Crippen LogP contribution in [0.15, 0.2) is 0 Å². The van der Waals surface area contributed by atoms with Gasteiger partial charge in [-0.25, -0.2) is 0 Å². The first-order chi connectivity index (χ1) is 3.96. The average molecular weight is 196 g/mol. The van der Waals surface area contributed by atoms with Gasteiger partial charge in [0.15, 0.2) is 0 Å². The van der Waals surface area contributed by atoms with Crippen molar-refractivity contribution in [2.24, 2.45) is 0 Å². The molecule has 0 bridgehead atoms. The van der Waals surface area contributed by atoms with Crippen LogP contribution in [0.3, 0.4) is 0 Å². The molecule has 8 nitrogen and oxygen atoms in total. The molecule has 0 saturated carbocycles. The normalized spacial score (nSPS) is 18.0. The Morgan fingerprint density at radius 3 is 1.40 bits per heavy atom. The van der Waals surface area contributed by atoms with Crippen molar-refractivity contribution in [3.63, 3.8) is 0 Å². The average Bonchev–Trinajstić information content (AvgIpc) is 1.09. The van der Waals surface area contributed by atoms with Crippen LogP contribution >= 0.6 is 15.6 Å². The molecule has 0 aliphatic rings. The van der Waals surface area contributed by atoms with E-state index in [1.807, 2.05) is 0 Å². The molecule has 0 aliphatic heterocycles. The summed E-state index contributed by atoms with van der Waals surface area (Å²) in [5.74, 6) is 0. The van der Waals surface area contributed by atoms with Gasteiger partial charge < -0.3 is 0 Å². The van der Waals surface area contributed by atoms with Crippen LogP contribution in [-0.4, -0.2) is 29.4 Å². The molecule has 0 heterocycles. The minimum absolute atomic E-state index is 2.83. The third-order valence-corrected chi connectivity index (χ3v) is 2.27. The Balaban J connectivity index is 4.33. The van der Waals surface area contributed by atoms with Crippen molar-refractivity contribution in [2.75, 3.05) is 0 Å². The Labute approximate surface area is 54.9 Å². The Hall–Kier alpha value is 0.380. The molecule has 0 spiro atoms. The molecule has 0 amide bonds. The van der Waals surface area contributed by atoms with Gasteiger partial charge in [0.05, 0.1) is 0 Å². The summed E-state index contributed by atoms with van der Waals surface area (Å²) in [6.45, 7) is 0. The molecular formula is H6O8P2. The Morgan fingerprint density at radius 2 is 1.40 bits per heavy atom. The summed E-state index contributed by atoms with van der Waals surface area (Å²) in [5, 5.41) is 0. The fourth-order valence-electron chi connectivity index (χ4n) is 0.190. The van der Waals surface area contributed by atoms with Crippen molar-refractivity contribution >= 4 is 15.6 Å². The van der Waals surface area contributed by atoms with Crippen LogP contribution in [0, 0.1) is 0 Å². The topological polar surface area (TPSA) is 148 Å². The molecule has 0 rings (SSSR count). The second kappa shape index (κ2) is 2.18. The van der Waals surface area contributed by atoms with E-state index >= 15 is 0 Å². The van der Waals surface area contributed by atoms with E-state index < -0.39 is 15.6 Å². The first-order valence-electron chi connectivity index (χ1n) is 1.75. The zero-order chi connectivity index (χ0) is 8.65. The Bertz CT molecular complexity index is 156. The van der Waals surface area contributed by atoms with Gasteiger partial charge in [-0.15, -0.1) is 0 Å². The zero-order valence-corrected chi connectivity index (χ0v) is 6.18. The summed E-state index contributed by atoms with van der Waals surface area (Å²) in [6, 6.07) is 0. The second-order valence-corrected chi connectivity index (χ2v) is 4.80. The Kier molecular flexibility index (Phi) is 2.26. The molecular weight excluding hydrogens is 190 g/mol. The van der Waals surface area contributed by atoms with E-state index in [1.165, 1.54) is 0 Å². The van der Waals surface area contributed by atoms with Gasteiger partial charge in [0.2, 0.25) is 0 Å². The predicted molar refractivity (Wildman–Crippen MR) is 28.9 cm³/mol. The molecule has 6 N–H and O–H groups in total. The molecule has 0 saturated heterocycles. The van der Waals surface area contributed by atoms with Crippen molar-refractivity contribution in [2.45, 2.75) is 0 Å². The maximum absolute atomic E-state index is 9.72. The molecule has 64 valence electrons. The third kappa shape index (κ3) is 8.38. The summed E-state index contributed by atoms with van der Waals surface area (Å²) in [5.41, 5.74) is 0. The molecule has 10 heteroatoms. The summed E-state index contributed by atoms with van der Waals surface area (Å²) in [6.07, 6.45) is 0. The van der Waals surface area contributed by atoms with Crippen LogP contribution in [-0.2, 0) is 8.88 Å². The van der Waals surface area contributed by atoms with E-state index in [2.05, 4.69) is 4.31 Å². The summed E-state index contributed by atoms with van der Waals surface area (Å²) < 4.78 is 12.5. The van der Waals surface area contributed by atoms with Gasteiger partial charge in [-0.05, 0) is 0 Å². The molecule has 0 aromatic heterocycles.